The average Bonchev–Trinajstić information content (AvgIpc) is 2.65. The Kier molecular flexibility index (Phi) is 4.75. The van der Waals surface area contributed by atoms with Crippen molar-refractivity contribution in [3.63, 3.8) is 0 Å². The Bertz CT molecular complexity index is 358. The van der Waals surface area contributed by atoms with Gasteiger partial charge in [0.15, 0.2) is 0 Å². The fourth-order valence-corrected chi connectivity index (χ4v) is 2.18. The molecule has 1 saturated heterocycles. The van der Waals surface area contributed by atoms with Crippen molar-refractivity contribution >= 4 is 11.6 Å². The molecule has 0 aromatic carbocycles. The molecule has 18 heavy (non-hydrogen) atoms. The van der Waals surface area contributed by atoms with Gasteiger partial charge in [0.25, 0.3) is 0 Å². The molecular formula is C13H23N5. The van der Waals surface area contributed by atoms with Crippen LogP contribution in [0, 0.1) is 0 Å². The average molecular weight is 249 g/mol. The fourth-order valence-electron chi connectivity index (χ4n) is 2.18. The first-order valence-electron chi connectivity index (χ1n) is 6.82. The van der Waals surface area contributed by atoms with Gasteiger partial charge in [-0.2, -0.15) is 0 Å². The Hall–Kier alpha value is -1.36. The lowest BCUT2D eigenvalue weighted by Gasteiger charge is -2.21. The molecule has 1 unspecified atom stereocenters. The summed E-state index contributed by atoms with van der Waals surface area (Å²) in [6, 6.07) is 2.15. The molecule has 1 aromatic heterocycles. The Labute approximate surface area is 109 Å². The van der Waals surface area contributed by atoms with Crippen LogP contribution in [0.15, 0.2) is 12.4 Å². The van der Waals surface area contributed by atoms with Crippen LogP contribution in [0.2, 0.25) is 0 Å². The van der Waals surface area contributed by atoms with Crippen molar-refractivity contribution in [1.29, 1.82) is 0 Å². The lowest BCUT2D eigenvalue weighted by Crippen LogP contribution is -2.27. The second-order valence-electron chi connectivity index (χ2n) is 5.02. The van der Waals surface area contributed by atoms with Gasteiger partial charge in [0.05, 0.1) is 0 Å². The molecule has 1 aromatic rings. The topological polar surface area (TPSA) is 67.1 Å². The van der Waals surface area contributed by atoms with Gasteiger partial charge < -0.3 is 16.0 Å². The number of aromatic nitrogens is 2. The maximum absolute atomic E-state index is 5.73. The van der Waals surface area contributed by atoms with Crippen molar-refractivity contribution < 1.29 is 0 Å². The van der Waals surface area contributed by atoms with E-state index >= 15 is 0 Å². The van der Waals surface area contributed by atoms with E-state index in [0.29, 0.717) is 0 Å². The summed E-state index contributed by atoms with van der Waals surface area (Å²) in [4.78, 5) is 11.0. The Morgan fingerprint density at radius 2 is 2.00 bits per heavy atom. The van der Waals surface area contributed by atoms with Gasteiger partial charge in [-0.15, -0.1) is 0 Å². The summed E-state index contributed by atoms with van der Waals surface area (Å²) in [5, 5.41) is 3.24. The van der Waals surface area contributed by atoms with E-state index in [1.807, 2.05) is 13.0 Å². The summed E-state index contributed by atoms with van der Waals surface area (Å²) < 4.78 is 0. The number of rotatable bonds is 4. The molecule has 3 N–H and O–H groups in total. The molecule has 100 valence electrons. The van der Waals surface area contributed by atoms with Crippen LogP contribution in [-0.4, -0.2) is 35.6 Å². The van der Waals surface area contributed by atoms with Gasteiger partial charge in [-0.1, -0.05) is 12.8 Å². The van der Waals surface area contributed by atoms with Gasteiger partial charge in [0, 0.05) is 31.7 Å². The molecule has 0 aliphatic carbocycles. The van der Waals surface area contributed by atoms with Crippen LogP contribution in [0.3, 0.4) is 0 Å². The van der Waals surface area contributed by atoms with Crippen LogP contribution >= 0.6 is 0 Å². The van der Waals surface area contributed by atoms with E-state index in [-0.39, 0.29) is 6.04 Å². The predicted octanol–water partition coefficient (Wildman–Crippen LogP) is 1.62. The molecule has 0 saturated carbocycles. The van der Waals surface area contributed by atoms with Crippen LogP contribution in [0.5, 0.6) is 0 Å². The zero-order valence-electron chi connectivity index (χ0n) is 11.1. The van der Waals surface area contributed by atoms with Gasteiger partial charge in [-0.3, -0.25) is 0 Å². The molecule has 2 rings (SSSR count). The van der Waals surface area contributed by atoms with Crippen molar-refractivity contribution in [2.24, 2.45) is 5.73 Å². The maximum atomic E-state index is 5.73. The molecule has 1 aliphatic heterocycles. The summed E-state index contributed by atoms with van der Waals surface area (Å²) in [7, 11) is 0. The number of anilines is 2. The van der Waals surface area contributed by atoms with Crippen LogP contribution in [0.25, 0.3) is 0 Å². The third kappa shape index (κ3) is 3.84. The van der Waals surface area contributed by atoms with E-state index in [2.05, 4.69) is 20.2 Å². The molecule has 0 bridgehead atoms. The quantitative estimate of drug-likeness (QED) is 0.848. The number of nitrogens with zero attached hydrogens (tertiary/aromatic N) is 3. The molecule has 1 fully saturated rings. The SMILES string of the molecule is CC(N)CNc1cc(N2CCCCCC2)ncn1. The molecular weight excluding hydrogens is 226 g/mol. The van der Waals surface area contributed by atoms with Gasteiger partial charge in [-0.05, 0) is 19.8 Å². The second-order valence-corrected chi connectivity index (χ2v) is 5.02. The van der Waals surface area contributed by atoms with E-state index in [1.54, 1.807) is 6.33 Å². The largest absolute Gasteiger partial charge is 0.368 e. The summed E-state index contributed by atoms with van der Waals surface area (Å²) in [6.07, 6.45) is 6.80. The van der Waals surface area contributed by atoms with E-state index < -0.39 is 0 Å². The monoisotopic (exact) mass is 249 g/mol. The first-order valence-corrected chi connectivity index (χ1v) is 6.82. The summed E-state index contributed by atoms with van der Waals surface area (Å²) in [5.41, 5.74) is 5.73. The second kappa shape index (κ2) is 6.54. The van der Waals surface area contributed by atoms with E-state index in [9.17, 15) is 0 Å². The highest BCUT2D eigenvalue weighted by atomic mass is 15.2. The third-order valence-electron chi connectivity index (χ3n) is 3.19. The first kappa shape index (κ1) is 13.1. The normalized spacial score (nSPS) is 18.2. The summed E-state index contributed by atoms with van der Waals surface area (Å²) in [6.45, 7) is 4.91. The number of hydrogen-bond acceptors (Lipinski definition) is 5. The van der Waals surface area contributed by atoms with Crippen molar-refractivity contribution in [3.8, 4) is 0 Å². The minimum Gasteiger partial charge on any atom is -0.368 e. The number of nitrogens with one attached hydrogen (secondary N) is 1. The Balaban J connectivity index is 2.01. The smallest absolute Gasteiger partial charge is 0.134 e. The zero-order chi connectivity index (χ0) is 12.8. The van der Waals surface area contributed by atoms with E-state index in [1.165, 1.54) is 25.7 Å². The lowest BCUT2D eigenvalue weighted by molar-refractivity contribution is 0.726. The van der Waals surface area contributed by atoms with Crippen molar-refractivity contribution in [2.75, 3.05) is 29.9 Å². The zero-order valence-corrected chi connectivity index (χ0v) is 11.1. The van der Waals surface area contributed by atoms with Gasteiger partial charge >= 0.3 is 0 Å². The number of nitrogens with two attached hydrogens (primary N) is 1. The van der Waals surface area contributed by atoms with E-state index in [4.69, 9.17) is 5.73 Å². The van der Waals surface area contributed by atoms with E-state index in [0.717, 1.165) is 31.3 Å². The summed E-state index contributed by atoms with van der Waals surface area (Å²) >= 11 is 0. The predicted molar refractivity (Wildman–Crippen MR) is 74.9 cm³/mol. The molecule has 1 aliphatic rings. The van der Waals surface area contributed by atoms with Crippen molar-refractivity contribution in [1.82, 2.24) is 9.97 Å². The van der Waals surface area contributed by atoms with Crippen LogP contribution < -0.4 is 16.0 Å². The minimum atomic E-state index is 0.126. The molecule has 2 heterocycles. The number of hydrogen-bond donors (Lipinski definition) is 2. The standard InChI is InChI=1S/C13H23N5/c1-11(14)9-15-12-8-13(17-10-16-12)18-6-4-2-3-5-7-18/h8,10-11H,2-7,9,14H2,1H3,(H,15,16,17). The minimum absolute atomic E-state index is 0.126. The highest BCUT2D eigenvalue weighted by molar-refractivity contribution is 5.48. The van der Waals surface area contributed by atoms with Crippen LogP contribution in [0.4, 0.5) is 11.6 Å². The lowest BCUT2D eigenvalue weighted by atomic mass is 10.2. The molecule has 5 heteroatoms. The first-order chi connectivity index (χ1) is 8.75. The fraction of sp³-hybridized carbons (Fsp3) is 0.692. The molecule has 0 amide bonds. The molecule has 1 atom stereocenters. The highest BCUT2D eigenvalue weighted by Crippen LogP contribution is 2.18. The van der Waals surface area contributed by atoms with Crippen molar-refractivity contribution in [2.45, 2.75) is 38.6 Å². The maximum Gasteiger partial charge on any atom is 0.134 e. The molecule has 0 spiro atoms. The Morgan fingerprint density at radius 1 is 1.28 bits per heavy atom. The van der Waals surface area contributed by atoms with Gasteiger partial charge in [0.1, 0.15) is 18.0 Å². The van der Waals surface area contributed by atoms with Crippen LogP contribution in [-0.2, 0) is 0 Å². The highest BCUT2D eigenvalue weighted by Gasteiger charge is 2.11. The van der Waals surface area contributed by atoms with Gasteiger partial charge in [0.2, 0.25) is 0 Å². The molecule has 5 nitrogen and oxygen atoms in total. The Morgan fingerprint density at radius 3 is 2.67 bits per heavy atom. The van der Waals surface area contributed by atoms with Gasteiger partial charge in [-0.25, -0.2) is 9.97 Å². The van der Waals surface area contributed by atoms with Crippen molar-refractivity contribution in [3.05, 3.63) is 12.4 Å². The third-order valence-corrected chi connectivity index (χ3v) is 3.19. The van der Waals surface area contributed by atoms with Crippen LogP contribution in [0.1, 0.15) is 32.6 Å². The molecule has 0 radical (unpaired) electrons. The summed E-state index contributed by atoms with van der Waals surface area (Å²) in [5.74, 6) is 1.89.